The predicted molar refractivity (Wildman–Crippen MR) is 91.6 cm³/mol. The number of aromatic nitrogens is 1. The van der Waals surface area contributed by atoms with Gasteiger partial charge in [-0.1, -0.05) is 24.3 Å². The summed E-state index contributed by atoms with van der Waals surface area (Å²) in [6.45, 7) is 1.29. The number of nitrogens with two attached hydrogens (primary N) is 1. The molecule has 5 nitrogen and oxygen atoms in total. The Bertz CT molecular complexity index is 764. The number of amides is 1. The highest BCUT2D eigenvalue weighted by atomic mass is 16.3. The Morgan fingerprint density at radius 1 is 1.21 bits per heavy atom. The number of nitrogen functional groups attached to an aromatic ring is 1. The van der Waals surface area contributed by atoms with E-state index < -0.39 is 0 Å². The van der Waals surface area contributed by atoms with Crippen LogP contribution in [0.1, 0.15) is 34.3 Å². The molecule has 124 valence electrons. The first-order valence-electron chi connectivity index (χ1n) is 8.37. The van der Waals surface area contributed by atoms with E-state index in [0.29, 0.717) is 30.9 Å². The van der Waals surface area contributed by atoms with Crippen molar-refractivity contribution in [1.82, 2.24) is 9.88 Å². The van der Waals surface area contributed by atoms with Gasteiger partial charge in [0.15, 0.2) is 0 Å². The Labute approximate surface area is 141 Å². The first kappa shape index (κ1) is 15.1. The molecule has 1 amide bonds. The van der Waals surface area contributed by atoms with E-state index in [0.717, 1.165) is 12.8 Å². The number of hydrogen-bond acceptors (Lipinski definition) is 4. The highest BCUT2D eigenvalue weighted by molar-refractivity contribution is 5.94. The summed E-state index contributed by atoms with van der Waals surface area (Å²) < 4.78 is 0. The number of hydrogen-bond donors (Lipinski definition) is 2. The fraction of sp³-hybridized carbons (Fsp3) is 0.368. The highest BCUT2D eigenvalue weighted by Crippen LogP contribution is 2.46. The van der Waals surface area contributed by atoms with Gasteiger partial charge in [0.05, 0.1) is 11.7 Å². The van der Waals surface area contributed by atoms with Gasteiger partial charge >= 0.3 is 0 Å². The number of anilines is 1. The first-order valence-corrected chi connectivity index (χ1v) is 8.37. The van der Waals surface area contributed by atoms with E-state index in [1.54, 1.807) is 12.1 Å². The quantitative estimate of drug-likeness (QED) is 0.838. The normalized spacial score (nSPS) is 21.7. The lowest BCUT2D eigenvalue weighted by molar-refractivity contribution is 0.0365. The third-order valence-electron chi connectivity index (χ3n) is 5.58. The van der Waals surface area contributed by atoms with Gasteiger partial charge in [0.2, 0.25) is 0 Å². The molecular weight excluding hydrogens is 302 g/mol. The SMILES string of the molecule is Nc1ccc(C(=O)N2CCC3(CC2)c2ccccc2C[C@H]3O)cn1. The van der Waals surface area contributed by atoms with Gasteiger partial charge in [0, 0.05) is 24.7 Å². The lowest BCUT2D eigenvalue weighted by atomic mass is 9.72. The van der Waals surface area contributed by atoms with E-state index >= 15 is 0 Å². The Balaban J connectivity index is 1.53. The van der Waals surface area contributed by atoms with Crippen LogP contribution in [0.25, 0.3) is 0 Å². The molecule has 0 saturated carbocycles. The number of rotatable bonds is 1. The van der Waals surface area contributed by atoms with Gasteiger partial charge in [-0.3, -0.25) is 4.79 Å². The predicted octanol–water partition coefficient (Wildman–Crippen LogP) is 1.75. The summed E-state index contributed by atoms with van der Waals surface area (Å²) in [6.07, 6.45) is 3.47. The van der Waals surface area contributed by atoms with Crippen molar-refractivity contribution >= 4 is 11.7 Å². The third kappa shape index (κ3) is 2.27. The van der Waals surface area contributed by atoms with Crippen molar-refractivity contribution in [2.45, 2.75) is 30.8 Å². The number of carbonyl (C=O) groups excluding carboxylic acids is 1. The van der Waals surface area contributed by atoms with Gasteiger partial charge in [-0.2, -0.15) is 0 Å². The molecule has 2 aromatic rings. The molecule has 4 rings (SSSR count). The van der Waals surface area contributed by atoms with Crippen molar-refractivity contribution in [3.05, 3.63) is 59.3 Å². The molecule has 1 fully saturated rings. The van der Waals surface area contributed by atoms with Crippen LogP contribution >= 0.6 is 0 Å². The van der Waals surface area contributed by atoms with Crippen molar-refractivity contribution in [2.24, 2.45) is 0 Å². The summed E-state index contributed by atoms with van der Waals surface area (Å²) >= 11 is 0. The number of pyridine rings is 1. The Morgan fingerprint density at radius 3 is 2.67 bits per heavy atom. The molecule has 0 unspecified atom stereocenters. The van der Waals surface area contributed by atoms with Crippen LogP contribution in [-0.2, 0) is 11.8 Å². The summed E-state index contributed by atoms with van der Waals surface area (Å²) in [7, 11) is 0. The second-order valence-electron chi connectivity index (χ2n) is 6.80. The molecule has 1 saturated heterocycles. The topological polar surface area (TPSA) is 79.5 Å². The smallest absolute Gasteiger partial charge is 0.255 e. The molecule has 1 spiro atoms. The van der Waals surface area contributed by atoms with Gasteiger partial charge in [0.1, 0.15) is 5.82 Å². The molecule has 0 bridgehead atoms. The number of benzene rings is 1. The van der Waals surface area contributed by atoms with Crippen LogP contribution in [0.15, 0.2) is 42.6 Å². The monoisotopic (exact) mass is 323 g/mol. The Hall–Kier alpha value is -2.40. The minimum absolute atomic E-state index is 0.0156. The van der Waals surface area contributed by atoms with Gasteiger partial charge < -0.3 is 15.7 Å². The fourth-order valence-electron chi connectivity index (χ4n) is 4.19. The molecule has 1 aromatic carbocycles. The molecule has 2 heterocycles. The van der Waals surface area contributed by atoms with Crippen LogP contribution in [0, 0.1) is 0 Å². The van der Waals surface area contributed by atoms with Gasteiger partial charge in [-0.25, -0.2) is 4.98 Å². The molecule has 0 radical (unpaired) electrons. The number of likely N-dealkylation sites (tertiary alicyclic amines) is 1. The van der Waals surface area contributed by atoms with E-state index in [1.807, 2.05) is 17.0 Å². The van der Waals surface area contributed by atoms with Crippen LogP contribution in [0.3, 0.4) is 0 Å². The van der Waals surface area contributed by atoms with Crippen LogP contribution < -0.4 is 5.73 Å². The molecule has 24 heavy (non-hydrogen) atoms. The number of piperidine rings is 1. The second kappa shape index (κ2) is 5.60. The van der Waals surface area contributed by atoms with Crippen LogP contribution in [0.5, 0.6) is 0 Å². The van der Waals surface area contributed by atoms with Crippen molar-refractivity contribution in [3.8, 4) is 0 Å². The maximum Gasteiger partial charge on any atom is 0.255 e. The van der Waals surface area contributed by atoms with E-state index in [9.17, 15) is 9.90 Å². The van der Waals surface area contributed by atoms with Crippen LogP contribution in [-0.4, -0.2) is 40.1 Å². The average Bonchev–Trinajstić information content (AvgIpc) is 2.88. The number of carbonyl (C=O) groups is 1. The fourth-order valence-corrected chi connectivity index (χ4v) is 4.19. The van der Waals surface area contributed by atoms with Crippen LogP contribution in [0.2, 0.25) is 0 Å². The average molecular weight is 323 g/mol. The number of nitrogens with zero attached hydrogens (tertiary/aromatic N) is 2. The Kier molecular flexibility index (Phi) is 3.53. The molecule has 1 aromatic heterocycles. The van der Waals surface area contributed by atoms with Gasteiger partial charge in [0.25, 0.3) is 5.91 Å². The summed E-state index contributed by atoms with van der Waals surface area (Å²) in [5.41, 5.74) is 8.45. The Morgan fingerprint density at radius 2 is 1.96 bits per heavy atom. The molecule has 1 aliphatic carbocycles. The summed E-state index contributed by atoms with van der Waals surface area (Å²) in [6, 6.07) is 11.7. The van der Waals surface area contributed by atoms with E-state index in [2.05, 4.69) is 17.1 Å². The second-order valence-corrected chi connectivity index (χ2v) is 6.80. The number of fused-ring (bicyclic) bond motifs is 2. The number of aliphatic hydroxyl groups excluding tert-OH is 1. The maximum absolute atomic E-state index is 12.6. The molecule has 5 heteroatoms. The van der Waals surface area contributed by atoms with Crippen molar-refractivity contribution in [1.29, 1.82) is 0 Å². The summed E-state index contributed by atoms with van der Waals surface area (Å²) in [4.78, 5) is 18.5. The first-order chi connectivity index (χ1) is 11.6. The lowest BCUT2D eigenvalue weighted by Crippen LogP contribution is -2.49. The highest BCUT2D eigenvalue weighted by Gasteiger charge is 2.48. The van der Waals surface area contributed by atoms with Crippen molar-refractivity contribution in [2.75, 3.05) is 18.8 Å². The van der Waals surface area contributed by atoms with Gasteiger partial charge in [-0.05, 0) is 42.5 Å². The summed E-state index contributed by atoms with van der Waals surface area (Å²) in [5.74, 6) is 0.396. The van der Waals surface area contributed by atoms with Crippen LogP contribution in [0.4, 0.5) is 5.82 Å². The molecule has 2 aliphatic rings. The zero-order chi connectivity index (χ0) is 16.7. The van der Waals surface area contributed by atoms with Crippen molar-refractivity contribution in [3.63, 3.8) is 0 Å². The largest absolute Gasteiger partial charge is 0.392 e. The van der Waals surface area contributed by atoms with Gasteiger partial charge in [-0.15, -0.1) is 0 Å². The minimum atomic E-state index is -0.356. The molecule has 3 N–H and O–H groups in total. The zero-order valence-electron chi connectivity index (χ0n) is 13.5. The molecule has 1 atom stereocenters. The van der Waals surface area contributed by atoms with E-state index in [4.69, 9.17) is 5.73 Å². The van der Waals surface area contributed by atoms with E-state index in [1.165, 1.54) is 17.3 Å². The molecule has 1 aliphatic heterocycles. The number of aliphatic hydroxyl groups is 1. The molecular formula is C19H21N3O2. The van der Waals surface area contributed by atoms with E-state index in [-0.39, 0.29) is 17.4 Å². The maximum atomic E-state index is 12.6. The summed E-state index contributed by atoms with van der Waals surface area (Å²) in [5, 5.41) is 10.7. The minimum Gasteiger partial charge on any atom is -0.392 e. The third-order valence-corrected chi connectivity index (χ3v) is 5.58. The lowest BCUT2D eigenvalue weighted by Gasteiger charge is -2.42. The zero-order valence-corrected chi connectivity index (χ0v) is 13.5. The standard InChI is InChI=1S/C19H21N3O2/c20-17-6-5-14(12-21-17)18(24)22-9-7-19(8-10-22)15-4-2-1-3-13(15)11-16(19)23/h1-6,12,16,23H,7-11H2,(H2,20,21)/t16-/m1/s1. The van der Waals surface area contributed by atoms with Crippen molar-refractivity contribution < 1.29 is 9.90 Å².